The zero-order valence-corrected chi connectivity index (χ0v) is 19.4. The van der Waals surface area contributed by atoms with Crippen LogP contribution in [-0.2, 0) is 32.6 Å². The molecule has 8 heteroatoms. The van der Waals surface area contributed by atoms with Crippen LogP contribution in [0, 0.1) is 5.92 Å². The molecular weight excluding hydrogens is 426 g/mol. The normalized spacial score (nSPS) is 16.7. The van der Waals surface area contributed by atoms with Crippen molar-refractivity contribution in [1.29, 1.82) is 0 Å². The fraction of sp³-hybridized carbons (Fsp3) is 0.417. The summed E-state index contributed by atoms with van der Waals surface area (Å²) >= 11 is 0. The van der Waals surface area contributed by atoms with E-state index in [9.17, 15) is 18.0 Å². The average Bonchev–Trinajstić information content (AvgIpc) is 2.77. The third-order valence-electron chi connectivity index (χ3n) is 5.41. The minimum Gasteiger partial charge on any atom is -0.352 e. The topological polar surface area (TPSA) is 95.6 Å². The van der Waals surface area contributed by atoms with E-state index in [4.69, 9.17) is 0 Å². The number of rotatable bonds is 8. The molecule has 0 radical (unpaired) electrons. The van der Waals surface area contributed by atoms with Gasteiger partial charge in [-0.3, -0.25) is 9.59 Å². The minimum absolute atomic E-state index is 0.0317. The summed E-state index contributed by atoms with van der Waals surface area (Å²) < 4.78 is 27.3. The van der Waals surface area contributed by atoms with E-state index in [1.165, 1.54) is 6.07 Å². The highest BCUT2D eigenvalue weighted by atomic mass is 32.2. The summed E-state index contributed by atoms with van der Waals surface area (Å²) in [4.78, 5) is 27.3. The number of benzene rings is 2. The molecule has 0 aliphatic carbocycles. The molecule has 1 atom stereocenters. The lowest BCUT2D eigenvalue weighted by atomic mass is 9.96. The van der Waals surface area contributed by atoms with Crippen molar-refractivity contribution in [3.05, 3.63) is 65.7 Å². The Kier molecular flexibility index (Phi) is 8.04. The third kappa shape index (κ3) is 6.64. The minimum atomic E-state index is -3.59. The van der Waals surface area contributed by atoms with Crippen molar-refractivity contribution < 1.29 is 18.0 Å². The van der Waals surface area contributed by atoms with Crippen LogP contribution in [0.25, 0.3) is 0 Å². The molecule has 1 saturated heterocycles. The average molecular weight is 458 g/mol. The van der Waals surface area contributed by atoms with E-state index in [-0.39, 0.29) is 35.2 Å². The third-order valence-corrected chi connectivity index (χ3v) is 7.07. The second-order valence-corrected chi connectivity index (χ2v) is 10.2. The lowest BCUT2D eigenvalue weighted by molar-refractivity contribution is -0.135. The highest BCUT2D eigenvalue weighted by Gasteiger charge is 2.28. The number of nitrogens with one attached hydrogen (secondary N) is 2. The van der Waals surface area contributed by atoms with Crippen LogP contribution in [0.5, 0.6) is 0 Å². The molecule has 0 spiro atoms. The van der Waals surface area contributed by atoms with Crippen LogP contribution in [0.1, 0.15) is 37.8 Å². The molecule has 0 bridgehead atoms. The molecule has 1 aliphatic rings. The monoisotopic (exact) mass is 457 g/mol. The van der Waals surface area contributed by atoms with Gasteiger partial charge in [-0.15, -0.1) is 0 Å². The van der Waals surface area contributed by atoms with E-state index in [0.29, 0.717) is 25.1 Å². The van der Waals surface area contributed by atoms with E-state index in [1.54, 1.807) is 36.9 Å². The standard InChI is InChI=1S/C24H31N3O4S/c1-18(2)26-32(30,31)22-12-6-10-20(14-22)16-25-24(29)21-11-7-13-27(17-21)23(28)15-19-8-4-3-5-9-19/h3-6,8-10,12,14,18,21,26H,7,11,13,15-17H2,1-2H3,(H,25,29). The van der Waals surface area contributed by atoms with Crippen molar-refractivity contribution in [1.82, 2.24) is 14.9 Å². The summed E-state index contributed by atoms with van der Waals surface area (Å²) in [7, 11) is -3.59. The van der Waals surface area contributed by atoms with Gasteiger partial charge < -0.3 is 10.2 Å². The molecule has 2 aromatic rings. The fourth-order valence-electron chi connectivity index (χ4n) is 3.83. The molecule has 2 N–H and O–H groups in total. The van der Waals surface area contributed by atoms with Crippen LogP contribution in [0.3, 0.4) is 0 Å². The van der Waals surface area contributed by atoms with Gasteiger partial charge >= 0.3 is 0 Å². The molecule has 2 amide bonds. The molecular formula is C24H31N3O4S. The molecule has 3 rings (SSSR count). The molecule has 1 aliphatic heterocycles. The van der Waals surface area contributed by atoms with E-state index < -0.39 is 10.0 Å². The molecule has 1 unspecified atom stereocenters. The summed E-state index contributed by atoms with van der Waals surface area (Å²) in [6.07, 6.45) is 1.85. The van der Waals surface area contributed by atoms with Gasteiger partial charge in [0.2, 0.25) is 21.8 Å². The molecule has 0 aromatic heterocycles. The first kappa shape index (κ1) is 23.9. The second kappa shape index (κ2) is 10.7. The Labute approximate surface area is 190 Å². The van der Waals surface area contributed by atoms with Crippen LogP contribution in [0.4, 0.5) is 0 Å². The van der Waals surface area contributed by atoms with E-state index in [1.807, 2.05) is 30.3 Å². The van der Waals surface area contributed by atoms with Crippen molar-refractivity contribution >= 4 is 21.8 Å². The Morgan fingerprint density at radius 1 is 1.06 bits per heavy atom. The Morgan fingerprint density at radius 3 is 2.50 bits per heavy atom. The predicted molar refractivity (Wildman–Crippen MR) is 123 cm³/mol. The SMILES string of the molecule is CC(C)NS(=O)(=O)c1cccc(CNC(=O)C2CCCN(C(=O)Cc3ccccc3)C2)c1. The largest absolute Gasteiger partial charge is 0.352 e. The summed E-state index contributed by atoms with van der Waals surface area (Å²) in [6, 6.07) is 15.9. The van der Waals surface area contributed by atoms with Gasteiger partial charge in [-0.2, -0.15) is 0 Å². The van der Waals surface area contributed by atoms with Crippen molar-refractivity contribution in [3.8, 4) is 0 Å². The lowest BCUT2D eigenvalue weighted by Gasteiger charge is -2.32. The Hall–Kier alpha value is -2.71. The summed E-state index contributed by atoms with van der Waals surface area (Å²) in [5, 5.41) is 2.91. The highest BCUT2D eigenvalue weighted by molar-refractivity contribution is 7.89. The van der Waals surface area contributed by atoms with Gasteiger partial charge in [0.15, 0.2) is 0 Å². The Balaban J connectivity index is 1.56. The maximum absolute atomic E-state index is 12.7. The zero-order chi connectivity index (χ0) is 23.1. The summed E-state index contributed by atoms with van der Waals surface area (Å²) in [5.74, 6) is -0.349. The molecule has 172 valence electrons. The number of hydrogen-bond donors (Lipinski definition) is 2. The Bertz CT molecular complexity index is 1040. The van der Waals surface area contributed by atoms with Gasteiger partial charge in [0.1, 0.15) is 0 Å². The summed E-state index contributed by atoms with van der Waals surface area (Å²) in [6.45, 7) is 4.83. The van der Waals surface area contributed by atoms with Crippen molar-refractivity contribution in [3.63, 3.8) is 0 Å². The number of amides is 2. The van der Waals surface area contributed by atoms with E-state index in [2.05, 4.69) is 10.0 Å². The predicted octanol–water partition coefficient (Wildman–Crippen LogP) is 2.47. The van der Waals surface area contributed by atoms with Gasteiger partial charge in [0, 0.05) is 25.7 Å². The second-order valence-electron chi connectivity index (χ2n) is 8.48. The molecule has 1 heterocycles. The zero-order valence-electron chi connectivity index (χ0n) is 18.6. The molecule has 2 aromatic carbocycles. The van der Waals surface area contributed by atoms with Gasteiger partial charge in [-0.05, 0) is 49.9 Å². The van der Waals surface area contributed by atoms with Gasteiger partial charge in [-0.25, -0.2) is 13.1 Å². The molecule has 1 fully saturated rings. The van der Waals surface area contributed by atoms with Crippen molar-refractivity contribution in [2.45, 2.75) is 50.6 Å². The van der Waals surface area contributed by atoms with Gasteiger partial charge in [0.05, 0.1) is 17.2 Å². The Morgan fingerprint density at radius 2 is 1.78 bits per heavy atom. The van der Waals surface area contributed by atoms with Crippen LogP contribution < -0.4 is 10.0 Å². The van der Waals surface area contributed by atoms with Crippen LogP contribution in [0.15, 0.2) is 59.5 Å². The van der Waals surface area contributed by atoms with E-state index in [0.717, 1.165) is 18.4 Å². The van der Waals surface area contributed by atoms with Crippen LogP contribution >= 0.6 is 0 Å². The van der Waals surface area contributed by atoms with Crippen LogP contribution in [0.2, 0.25) is 0 Å². The summed E-state index contributed by atoms with van der Waals surface area (Å²) in [5.41, 5.74) is 1.67. The first-order valence-corrected chi connectivity index (χ1v) is 12.4. The number of likely N-dealkylation sites (tertiary alicyclic amines) is 1. The number of sulfonamides is 1. The quantitative estimate of drug-likeness (QED) is 0.637. The highest BCUT2D eigenvalue weighted by Crippen LogP contribution is 2.18. The van der Waals surface area contributed by atoms with Crippen molar-refractivity contribution in [2.24, 2.45) is 5.92 Å². The number of nitrogens with zero attached hydrogens (tertiary/aromatic N) is 1. The van der Waals surface area contributed by atoms with Crippen molar-refractivity contribution in [2.75, 3.05) is 13.1 Å². The smallest absolute Gasteiger partial charge is 0.240 e. The number of carbonyl (C=O) groups is 2. The molecule has 0 saturated carbocycles. The number of hydrogen-bond acceptors (Lipinski definition) is 4. The lowest BCUT2D eigenvalue weighted by Crippen LogP contribution is -2.45. The first-order valence-electron chi connectivity index (χ1n) is 11.0. The fourth-order valence-corrected chi connectivity index (χ4v) is 5.16. The van der Waals surface area contributed by atoms with E-state index >= 15 is 0 Å². The molecule has 32 heavy (non-hydrogen) atoms. The number of carbonyl (C=O) groups excluding carboxylic acids is 2. The van der Waals surface area contributed by atoms with Gasteiger partial charge in [0.25, 0.3) is 0 Å². The maximum atomic E-state index is 12.7. The first-order chi connectivity index (χ1) is 15.2. The number of piperidine rings is 1. The maximum Gasteiger partial charge on any atom is 0.240 e. The molecule has 7 nitrogen and oxygen atoms in total. The van der Waals surface area contributed by atoms with Gasteiger partial charge in [-0.1, -0.05) is 42.5 Å². The van der Waals surface area contributed by atoms with Crippen LogP contribution in [-0.4, -0.2) is 44.3 Å².